The third-order valence-electron chi connectivity index (χ3n) is 2.58. The van der Waals surface area contributed by atoms with E-state index in [1.807, 2.05) is 13.8 Å². The first kappa shape index (κ1) is 14.9. The van der Waals surface area contributed by atoms with Crippen molar-refractivity contribution in [3.05, 3.63) is 33.9 Å². The summed E-state index contributed by atoms with van der Waals surface area (Å²) >= 11 is 0. The second-order valence-electron chi connectivity index (χ2n) is 4.78. The number of benzene rings is 1. The number of anilines is 1. The van der Waals surface area contributed by atoms with Crippen LogP contribution < -0.4 is 10.6 Å². The highest BCUT2D eigenvalue weighted by molar-refractivity contribution is 5.82. The predicted octanol–water partition coefficient (Wildman–Crippen LogP) is 2.09. The first-order valence-electron chi connectivity index (χ1n) is 6.16. The van der Waals surface area contributed by atoms with Crippen molar-refractivity contribution in [3.63, 3.8) is 0 Å². The number of para-hydroxylation sites is 1. The second kappa shape index (κ2) is 6.72. The number of hydrogen-bond acceptors (Lipinski definition) is 4. The standard InChI is InChI=1S/C13H19N3O3/c1-9(2)7-14-12(17)8-15-13-10(3)5-4-6-11(13)16(18)19/h4-6,9,15H,7-8H2,1-3H3,(H,14,17). The average molecular weight is 265 g/mol. The molecule has 0 aliphatic carbocycles. The molecule has 0 atom stereocenters. The van der Waals surface area contributed by atoms with Crippen LogP contribution in [0.15, 0.2) is 18.2 Å². The fourth-order valence-electron chi connectivity index (χ4n) is 1.58. The minimum absolute atomic E-state index is 0.0170. The van der Waals surface area contributed by atoms with Gasteiger partial charge in [-0.25, -0.2) is 0 Å². The summed E-state index contributed by atoms with van der Waals surface area (Å²) in [5.74, 6) is 0.197. The van der Waals surface area contributed by atoms with Crippen LogP contribution in [0.1, 0.15) is 19.4 Å². The molecule has 6 heteroatoms. The molecule has 0 aliphatic heterocycles. The van der Waals surface area contributed by atoms with Crippen LogP contribution in [0.2, 0.25) is 0 Å². The van der Waals surface area contributed by atoms with Crippen LogP contribution in [0.4, 0.5) is 11.4 Å². The zero-order valence-corrected chi connectivity index (χ0v) is 11.4. The SMILES string of the molecule is Cc1cccc([N+](=O)[O-])c1NCC(=O)NCC(C)C. The number of nitrogens with zero attached hydrogens (tertiary/aromatic N) is 1. The Balaban J connectivity index is 2.67. The van der Waals surface area contributed by atoms with E-state index in [0.717, 1.165) is 5.56 Å². The zero-order valence-electron chi connectivity index (χ0n) is 11.4. The quantitative estimate of drug-likeness (QED) is 0.609. The summed E-state index contributed by atoms with van der Waals surface area (Å²) in [4.78, 5) is 22.0. The highest BCUT2D eigenvalue weighted by Gasteiger charge is 2.15. The van der Waals surface area contributed by atoms with E-state index >= 15 is 0 Å². The molecule has 0 saturated heterocycles. The number of hydrogen-bond donors (Lipinski definition) is 2. The molecule has 0 aliphatic rings. The van der Waals surface area contributed by atoms with E-state index in [2.05, 4.69) is 10.6 Å². The Labute approximate surface area is 112 Å². The van der Waals surface area contributed by atoms with Gasteiger partial charge in [0, 0.05) is 12.6 Å². The molecule has 0 heterocycles. The Morgan fingerprint density at radius 1 is 1.42 bits per heavy atom. The molecule has 0 saturated carbocycles. The lowest BCUT2D eigenvalue weighted by Gasteiger charge is -2.11. The van der Waals surface area contributed by atoms with Crippen LogP contribution in [0.25, 0.3) is 0 Å². The summed E-state index contributed by atoms with van der Waals surface area (Å²) in [5.41, 5.74) is 1.12. The van der Waals surface area contributed by atoms with Gasteiger partial charge in [-0.15, -0.1) is 0 Å². The van der Waals surface area contributed by atoms with E-state index in [0.29, 0.717) is 18.2 Å². The maximum Gasteiger partial charge on any atom is 0.292 e. The van der Waals surface area contributed by atoms with Crippen molar-refractivity contribution in [2.45, 2.75) is 20.8 Å². The Hall–Kier alpha value is -2.11. The van der Waals surface area contributed by atoms with Crippen molar-refractivity contribution < 1.29 is 9.72 Å². The molecule has 0 unspecified atom stereocenters. The topological polar surface area (TPSA) is 84.3 Å². The molecule has 1 aromatic carbocycles. The molecule has 0 radical (unpaired) electrons. The summed E-state index contributed by atoms with van der Waals surface area (Å²) in [6.45, 7) is 6.38. The molecule has 0 aromatic heterocycles. The van der Waals surface area contributed by atoms with Crippen LogP contribution in [0.5, 0.6) is 0 Å². The summed E-state index contributed by atoms with van der Waals surface area (Å²) in [6, 6.07) is 4.81. The van der Waals surface area contributed by atoms with Gasteiger partial charge in [0.1, 0.15) is 5.69 Å². The molecule has 1 amide bonds. The third-order valence-corrected chi connectivity index (χ3v) is 2.58. The molecule has 0 spiro atoms. The van der Waals surface area contributed by atoms with E-state index in [1.165, 1.54) is 6.07 Å². The number of amides is 1. The van der Waals surface area contributed by atoms with Crippen LogP contribution >= 0.6 is 0 Å². The van der Waals surface area contributed by atoms with Gasteiger partial charge >= 0.3 is 0 Å². The van der Waals surface area contributed by atoms with E-state index < -0.39 is 4.92 Å². The molecule has 1 rings (SSSR count). The van der Waals surface area contributed by atoms with Gasteiger partial charge in [-0.05, 0) is 18.4 Å². The van der Waals surface area contributed by atoms with Gasteiger partial charge in [-0.3, -0.25) is 14.9 Å². The molecule has 0 bridgehead atoms. The minimum atomic E-state index is -0.457. The number of carbonyl (C=O) groups excluding carboxylic acids is 1. The van der Waals surface area contributed by atoms with Crippen LogP contribution in [0.3, 0.4) is 0 Å². The Kier molecular flexibility index (Phi) is 5.29. The molecule has 104 valence electrons. The Morgan fingerprint density at radius 2 is 2.11 bits per heavy atom. The molecule has 6 nitrogen and oxygen atoms in total. The van der Waals surface area contributed by atoms with Gasteiger partial charge in [0.15, 0.2) is 0 Å². The zero-order chi connectivity index (χ0) is 14.4. The number of carbonyl (C=O) groups is 1. The molecule has 2 N–H and O–H groups in total. The molecule has 19 heavy (non-hydrogen) atoms. The first-order valence-corrected chi connectivity index (χ1v) is 6.16. The monoisotopic (exact) mass is 265 g/mol. The van der Waals surface area contributed by atoms with Crippen molar-refractivity contribution in [2.24, 2.45) is 5.92 Å². The second-order valence-corrected chi connectivity index (χ2v) is 4.78. The lowest BCUT2D eigenvalue weighted by atomic mass is 10.1. The average Bonchev–Trinajstić information content (AvgIpc) is 2.34. The van der Waals surface area contributed by atoms with Gasteiger partial charge in [0.05, 0.1) is 11.5 Å². The van der Waals surface area contributed by atoms with E-state index in [9.17, 15) is 14.9 Å². The number of rotatable bonds is 6. The number of nitrogens with one attached hydrogen (secondary N) is 2. The highest BCUT2D eigenvalue weighted by Crippen LogP contribution is 2.27. The lowest BCUT2D eigenvalue weighted by Crippen LogP contribution is -2.32. The van der Waals surface area contributed by atoms with Crippen molar-refractivity contribution in [1.82, 2.24) is 5.32 Å². The van der Waals surface area contributed by atoms with Gasteiger partial charge in [-0.2, -0.15) is 0 Å². The van der Waals surface area contributed by atoms with Crippen LogP contribution in [0, 0.1) is 23.0 Å². The summed E-state index contributed by atoms with van der Waals surface area (Å²) in [7, 11) is 0. The van der Waals surface area contributed by atoms with Crippen molar-refractivity contribution in [2.75, 3.05) is 18.4 Å². The van der Waals surface area contributed by atoms with Gasteiger partial charge in [0.2, 0.25) is 5.91 Å². The number of nitro groups is 1. The lowest BCUT2D eigenvalue weighted by molar-refractivity contribution is -0.384. The summed E-state index contributed by atoms with van der Waals surface area (Å²) in [6.07, 6.45) is 0. The fourth-order valence-corrected chi connectivity index (χ4v) is 1.58. The van der Waals surface area contributed by atoms with E-state index in [-0.39, 0.29) is 18.1 Å². The summed E-state index contributed by atoms with van der Waals surface area (Å²) < 4.78 is 0. The van der Waals surface area contributed by atoms with Crippen molar-refractivity contribution >= 4 is 17.3 Å². The third kappa shape index (κ3) is 4.57. The number of aryl methyl sites for hydroxylation is 1. The number of nitro benzene ring substituents is 1. The van der Waals surface area contributed by atoms with Crippen LogP contribution in [-0.4, -0.2) is 23.9 Å². The molecule has 0 fully saturated rings. The highest BCUT2D eigenvalue weighted by atomic mass is 16.6. The smallest absolute Gasteiger partial charge is 0.292 e. The van der Waals surface area contributed by atoms with Crippen molar-refractivity contribution in [1.29, 1.82) is 0 Å². The maximum absolute atomic E-state index is 11.6. The van der Waals surface area contributed by atoms with E-state index in [1.54, 1.807) is 19.1 Å². The van der Waals surface area contributed by atoms with Gasteiger partial charge in [-0.1, -0.05) is 26.0 Å². The fraction of sp³-hybridized carbons (Fsp3) is 0.462. The molecular formula is C13H19N3O3. The predicted molar refractivity (Wildman–Crippen MR) is 74.2 cm³/mol. The Bertz CT molecular complexity index is 472. The van der Waals surface area contributed by atoms with Crippen LogP contribution in [-0.2, 0) is 4.79 Å². The van der Waals surface area contributed by atoms with Gasteiger partial charge in [0.25, 0.3) is 5.69 Å². The first-order chi connectivity index (χ1) is 8.91. The minimum Gasteiger partial charge on any atom is -0.370 e. The largest absolute Gasteiger partial charge is 0.370 e. The molecular weight excluding hydrogens is 246 g/mol. The Morgan fingerprint density at radius 3 is 2.68 bits per heavy atom. The van der Waals surface area contributed by atoms with Crippen molar-refractivity contribution in [3.8, 4) is 0 Å². The van der Waals surface area contributed by atoms with E-state index in [4.69, 9.17) is 0 Å². The molecule has 1 aromatic rings. The summed E-state index contributed by atoms with van der Waals surface area (Å²) in [5, 5.41) is 16.5. The normalized spacial score (nSPS) is 10.3. The maximum atomic E-state index is 11.6. The van der Waals surface area contributed by atoms with Gasteiger partial charge < -0.3 is 10.6 Å².